The maximum Gasteiger partial charge on any atom is 0.261 e. The van der Waals surface area contributed by atoms with E-state index in [1.54, 1.807) is 0 Å². The molecule has 9 heteroatoms. The van der Waals surface area contributed by atoms with Gasteiger partial charge in [-0.1, -0.05) is 36.5 Å². The molecule has 2 aromatic rings. The lowest BCUT2D eigenvalue weighted by Crippen LogP contribution is -2.35. The average Bonchev–Trinajstić information content (AvgIpc) is 2.59. The number of carbonyl (C=O) groups is 1. The summed E-state index contributed by atoms with van der Waals surface area (Å²) in [7, 11) is -3.82. The molecule has 0 aliphatic heterocycles. The summed E-state index contributed by atoms with van der Waals surface area (Å²) >= 11 is 11.8. The van der Waals surface area contributed by atoms with E-state index >= 15 is 0 Å². The van der Waals surface area contributed by atoms with Gasteiger partial charge in [0.1, 0.15) is 5.75 Å². The number of benzene rings is 2. The Labute approximate surface area is 175 Å². The Balaban J connectivity index is 1.98. The quantitative estimate of drug-likeness (QED) is 0.596. The summed E-state index contributed by atoms with van der Waals surface area (Å²) in [6, 6.07) is 10.3. The van der Waals surface area contributed by atoms with E-state index in [0.717, 1.165) is 12.8 Å². The van der Waals surface area contributed by atoms with Crippen molar-refractivity contribution in [2.24, 2.45) is 0 Å². The molecule has 0 aliphatic carbocycles. The van der Waals surface area contributed by atoms with Gasteiger partial charge in [-0.2, -0.15) is 0 Å². The maximum absolute atomic E-state index is 12.5. The van der Waals surface area contributed by atoms with Crippen LogP contribution in [-0.2, 0) is 14.8 Å². The number of amides is 1. The molecule has 1 atom stereocenters. The number of rotatable bonds is 9. The highest BCUT2D eigenvalue weighted by atomic mass is 35.5. The summed E-state index contributed by atoms with van der Waals surface area (Å²) in [5.74, 6) is 0.167. The van der Waals surface area contributed by atoms with Gasteiger partial charge in [-0.05, 0) is 55.8 Å². The molecule has 2 aromatic carbocycles. The van der Waals surface area contributed by atoms with E-state index < -0.39 is 10.0 Å². The number of sulfonamides is 1. The fourth-order valence-corrected chi connectivity index (χ4v) is 4.08. The van der Waals surface area contributed by atoms with Crippen LogP contribution in [0.4, 0.5) is 5.69 Å². The molecule has 2 rings (SSSR count). The van der Waals surface area contributed by atoms with Crippen LogP contribution in [0, 0.1) is 0 Å². The Hall–Kier alpha value is -1.96. The fourth-order valence-electron chi connectivity index (χ4n) is 2.51. The molecule has 152 valence electrons. The number of hydrogen-bond donors (Lipinski definition) is 2. The number of hydrogen-bond acceptors (Lipinski definition) is 4. The highest BCUT2D eigenvalue weighted by Gasteiger charge is 2.15. The largest absolute Gasteiger partial charge is 0.484 e. The minimum Gasteiger partial charge on any atom is -0.484 e. The van der Waals surface area contributed by atoms with Crippen molar-refractivity contribution in [3.63, 3.8) is 0 Å². The lowest BCUT2D eigenvalue weighted by atomic mass is 10.2. The first-order valence-electron chi connectivity index (χ1n) is 8.70. The van der Waals surface area contributed by atoms with Gasteiger partial charge in [-0.3, -0.25) is 9.52 Å². The Morgan fingerprint density at radius 2 is 1.71 bits per heavy atom. The fraction of sp³-hybridized carbons (Fsp3) is 0.316. The molecule has 0 saturated heterocycles. The van der Waals surface area contributed by atoms with Gasteiger partial charge in [0, 0.05) is 16.1 Å². The van der Waals surface area contributed by atoms with Gasteiger partial charge in [0.25, 0.3) is 15.9 Å². The summed E-state index contributed by atoms with van der Waals surface area (Å²) < 4.78 is 32.8. The van der Waals surface area contributed by atoms with Gasteiger partial charge in [-0.15, -0.1) is 0 Å². The van der Waals surface area contributed by atoms with Crippen molar-refractivity contribution in [2.75, 3.05) is 11.3 Å². The first-order valence-corrected chi connectivity index (χ1v) is 10.9. The van der Waals surface area contributed by atoms with Crippen LogP contribution in [0.25, 0.3) is 0 Å². The molecule has 1 amide bonds. The van der Waals surface area contributed by atoms with Crippen LogP contribution in [0.1, 0.15) is 26.7 Å². The van der Waals surface area contributed by atoms with Crippen molar-refractivity contribution in [2.45, 2.75) is 37.6 Å². The van der Waals surface area contributed by atoms with Crippen LogP contribution >= 0.6 is 23.2 Å². The van der Waals surface area contributed by atoms with Gasteiger partial charge >= 0.3 is 0 Å². The third-order valence-electron chi connectivity index (χ3n) is 3.75. The second-order valence-corrected chi connectivity index (χ2v) is 8.84. The van der Waals surface area contributed by atoms with E-state index in [2.05, 4.69) is 10.0 Å². The molecule has 0 unspecified atom stereocenters. The topological polar surface area (TPSA) is 84.5 Å². The first-order chi connectivity index (χ1) is 13.2. The molecule has 0 aromatic heterocycles. The van der Waals surface area contributed by atoms with Crippen LogP contribution < -0.4 is 14.8 Å². The van der Waals surface area contributed by atoms with Gasteiger partial charge in [0.05, 0.1) is 10.6 Å². The number of ether oxygens (including phenoxy) is 1. The van der Waals surface area contributed by atoms with E-state index in [9.17, 15) is 13.2 Å². The predicted molar refractivity (Wildman–Crippen MR) is 112 cm³/mol. The van der Waals surface area contributed by atoms with Crippen molar-refractivity contribution < 1.29 is 17.9 Å². The Morgan fingerprint density at radius 1 is 1.11 bits per heavy atom. The van der Waals surface area contributed by atoms with Crippen LogP contribution in [0.2, 0.25) is 10.0 Å². The minimum absolute atomic E-state index is 0.0389. The van der Waals surface area contributed by atoms with Gasteiger partial charge < -0.3 is 10.1 Å². The zero-order valence-electron chi connectivity index (χ0n) is 15.5. The van der Waals surface area contributed by atoms with Crippen molar-refractivity contribution in [1.29, 1.82) is 0 Å². The van der Waals surface area contributed by atoms with E-state index in [1.807, 2.05) is 13.8 Å². The third kappa shape index (κ3) is 6.89. The summed E-state index contributed by atoms with van der Waals surface area (Å²) in [6.45, 7) is 3.84. The van der Waals surface area contributed by atoms with Crippen molar-refractivity contribution in [3.8, 4) is 5.75 Å². The molecular formula is C19H22Cl2N2O4S. The van der Waals surface area contributed by atoms with E-state index in [0.29, 0.717) is 15.8 Å². The molecular weight excluding hydrogens is 423 g/mol. The van der Waals surface area contributed by atoms with E-state index in [4.69, 9.17) is 27.9 Å². The van der Waals surface area contributed by atoms with Gasteiger partial charge in [0.2, 0.25) is 0 Å². The normalized spacial score (nSPS) is 12.3. The molecule has 2 N–H and O–H groups in total. The Bertz CT molecular complexity index is 898. The number of carbonyl (C=O) groups excluding carboxylic acids is 1. The molecule has 0 heterocycles. The Morgan fingerprint density at radius 3 is 2.29 bits per heavy atom. The third-order valence-corrected chi connectivity index (χ3v) is 5.58. The van der Waals surface area contributed by atoms with Crippen LogP contribution in [0.15, 0.2) is 47.4 Å². The highest BCUT2D eigenvalue weighted by molar-refractivity contribution is 7.92. The summed E-state index contributed by atoms with van der Waals surface area (Å²) in [5.41, 5.74) is 0.260. The molecule has 0 bridgehead atoms. The monoisotopic (exact) mass is 444 g/mol. The summed E-state index contributed by atoms with van der Waals surface area (Å²) in [6.07, 6.45) is 1.87. The molecule has 0 aliphatic rings. The maximum atomic E-state index is 12.5. The van der Waals surface area contributed by atoms with Crippen LogP contribution in [-0.4, -0.2) is 27.0 Å². The lowest BCUT2D eigenvalue weighted by molar-refractivity contribution is -0.123. The predicted octanol–water partition coefficient (Wildman–Crippen LogP) is 4.48. The van der Waals surface area contributed by atoms with Gasteiger partial charge in [0.15, 0.2) is 6.61 Å². The molecule has 28 heavy (non-hydrogen) atoms. The van der Waals surface area contributed by atoms with Gasteiger partial charge in [-0.25, -0.2) is 8.42 Å². The average molecular weight is 445 g/mol. The molecule has 6 nitrogen and oxygen atoms in total. The van der Waals surface area contributed by atoms with Crippen molar-refractivity contribution in [3.05, 3.63) is 52.5 Å². The summed E-state index contributed by atoms with van der Waals surface area (Å²) in [4.78, 5) is 11.9. The number of anilines is 1. The number of halogens is 2. The summed E-state index contributed by atoms with van der Waals surface area (Å²) in [5, 5.41) is 3.47. The molecule has 0 fully saturated rings. The highest BCUT2D eigenvalue weighted by Crippen LogP contribution is 2.25. The second-order valence-electron chi connectivity index (χ2n) is 6.28. The number of nitrogens with one attached hydrogen (secondary N) is 2. The SMILES string of the molecule is CCC[C@H](C)NC(=O)COc1ccc(S(=O)(=O)Nc2cc(Cl)cc(Cl)c2)cc1. The molecule has 0 radical (unpaired) electrons. The zero-order chi connectivity index (χ0) is 20.7. The van der Waals surface area contributed by atoms with Crippen molar-refractivity contribution in [1.82, 2.24) is 5.32 Å². The minimum atomic E-state index is -3.82. The lowest BCUT2D eigenvalue weighted by Gasteiger charge is -2.13. The van der Waals surface area contributed by atoms with Crippen LogP contribution in [0.3, 0.4) is 0 Å². The standard InChI is InChI=1S/C19H22Cl2N2O4S/c1-3-4-13(2)22-19(24)12-27-17-5-7-18(8-6-17)28(25,26)23-16-10-14(20)9-15(21)11-16/h5-11,13,23H,3-4,12H2,1-2H3,(H,22,24)/t13-/m0/s1. The van der Waals surface area contributed by atoms with Crippen LogP contribution in [0.5, 0.6) is 5.75 Å². The Kier molecular flexibility index (Phi) is 7.98. The first kappa shape index (κ1) is 22.3. The van der Waals surface area contributed by atoms with E-state index in [1.165, 1.54) is 42.5 Å². The van der Waals surface area contributed by atoms with Crippen molar-refractivity contribution >= 4 is 44.8 Å². The molecule has 0 saturated carbocycles. The smallest absolute Gasteiger partial charge is 0.261 e. The van der Waals surface area contributed by atoms with E-state index in [-0.39, 0.29) is 29.1 Å². The second kappa shape index (κ2) is 10.0. The zero-order valence-corrected chi connectivity index (χ0v) is 17.9. The molecule has 0 spiro atoms.